The smallest absolute Gasteiger partial charge is 0.130 e. The number of benzene rings is 2. The summed E-state index contributed by atoms with van der Waals surface area (Å²) in [5.41, 5.74) is 2.44. The maximum Gasteiger partial charge on any atom is 0.130 e. The molecule has 2 aromatic carbocycles. The first-order valence-electron chi connectivity index (χ1n) is 9.38. The van der Waals surface area contributed by atoms with E-state index in [0.717, 1.165) is 17.7 Å². The molecule has 6 heteroatoms. The van der Waals surface area contributed by atoms with Gasteiger partial charge in [-0.3, -0.25) is 15.7 Å². The second-order valence-corrected chi connectivity index (χ2v) is 6.42. The molecule has 2 rings (SSSR count). The van der Waals surface area contributed by atoms with Gasteiger partial charge in [0.2, 0.25) is 0 Å². The van der Waals surface area contributed by atoms with Crippen LogP contribution in [-0.4, -0.2) is 25.0 Å². The fraction of sp³-hybridized carbons (Fsp3) is 0.318. The minimum atomic E-state index is -0.552. The van der Waals surface area contributed by atoms with E-state index in [2.05, 4.69) is 0 Å². The minimum absolute atomic E-state index is 0.104. The number of para-hydroxylation sites is 2. The van der Waals surface area contributed by atoms with Gasteiger partial charge in [-0.05, 0) is 49.7 Å². The van der Waals surface area contributed by atoms with Gasteiger partial charge in [-0.25, -0.2) is 0 Å². The average molecular weight is 401 g/mol. The van der Waals surface area contributed by atoms with Crippen molar-refractivity contribution in [3.63, 3.8) is 0 Å². The van der Waals surface area contributed by atoms with Crippen LogP contribution in [0, 0.1) is 16.7 Å². The number of carbonyl (C=O) groups is 1. The SMILES string of the molecule is CC.CCC(C=O)C(=N)N(C(C)=N)c1ccccc1N(C)c1ccc(Cl)cc1. The first-order chi connectivity index (χ1) is 13.4. The molecular weight excluding hydrogens is 372 g/mol. The molecule has 2 N–H and O–H groups in total. The number of nitrogens with one attached hydrogen (secondary N) is 2. The van der Waals surface area contributed by atoms with E-state index in [-0.39, 0.29) is 11.7 Å². The number of hydrogen-bond donors (Lipinski definition) is 2. The van der Waals surface area contributed by atoms with E-state index in [1.165, 1.54) is 4.90 Å². The highest BCUT2D eigenvalue weighted by molar-refractivity contribution is 6.30. The molecule has 150 valence electrons. The summed E-state index contributed by atoms with van der Waals surface area (Å²) in [6.45, 7) is 7.47. The van der Waals surface area contributed by atoms with E-state index in [9.17, 15) is 4.79 Å². The molecule has 5 nitrogen and oxygen atoms in total. The van der Waals surface area contributed by atoms with Crippen LogP contribution in [0.25, 0.3) is 0 Å². The van der Waals surface area contributed by atoms with Crippen LogP contribution in [0.3, 0.4) is 0 Å². The van der Waals surface area contributed by atoms with Gasteiger partial charge in [0.25, 0.3) is 0 Å². The Balaban J connectivity index is 0.00000190. The van der Waals surface area contributed by atoms with E-state index in [4.69, 9.17) is 22.4 Å². The van der Waals surface area contributed by atoms with Crippen LogP contribution < -0.4 is 9.80 Å². The highest BCUT2D eigenvalue weighted by Gasteiger charge is 2.24. The van der Waals surface area contributed by atoms with Gasteiger partial charge in [0, 0.05) is 17.8 Å². The Morgan fingerprint density at radius 3 is 2.07 bits per heavy atom. The predicted octanol–water partition coefficient (Wildman–Crippen LogP) is 6.14. The zero-order valence-electron chi connectivity index (χ0n) is 17.2. The van der Waals surface area contributed by atoms with Crippen molar-refractivity contribution >= 4 is 46.6 Å². The third kappa shape index (κ3) is 5.42. The van der Waals surface area contributed by atoms with Crippen LogP contribution in [0.1, 0.15) is 34.1 Å². The number of halogens is 1. The standard InChI is InChI=1S/C20H23ClN4O.C2H6/c1-4-15(13-26)20(23)25(14(2)22)19-8-6-5-7-18(19)24(3)17-11-9-16(21)10-12-17;1-2/h5-13,15,22-23H,4H2,1-3H3;1-2H3. The van der Waals surface area contributed by atoms with Crippen molar-refractivity contribution in [2.75, 3.05) is 16.8 Å². The van der Waals surface area contributed by atoms with Crippen molar-refractivity contribution < 1.29 is 4.79 Å². The van der Waals surface area contributed by atoms with Crippen molar-refractivity contribution in [1.82, 2.24) is 0 Å². The summed E-state index contributed by atoms with van der Waals surface area (Å²) in [4.78, 5) is 14.8. The molecule has 0 saturated heterocycles. The number of carbonyl (C=O) groups excluding carboxylic acids is 1. The van der Waals surface area contributed by atoms with Crippen LogP contribution in [0.15, 0.2) is 48.5 Å². The van der Waals surface area contributed by atoms with Crippen molar-refractivity contribution in [2.45, 2.75) is 34.1 Å². The second-order valence-electron chi connectivity index (χ2n) is 5.98. The Labute approximate surface area is 172 Å². The molecule has 28 heavy (non-hydrogen) atoms. The second kappa shape index (κ2) is 11.2. The van der Waals surface area contributed by atoms with Crippen LogP contribution in [0.5, 0.6) is 0 Å². The Morgan fingerprint density at radius 2 is 1.61 bits per heavy atom. The maximum atomic E-state index is 11.3. The molecule has 0 aromatic heterocycles. The quantitative estimate of drug-likeness (QED) is 0.347. The zero-order chi connectivity index (χ0) is 21.3. The van der Waals surface area contributed by atoms with Crippen LogP contribution in [-0.2, 0) is 4.79 Å². The number of nitrogens with zero attached hydrogens (tertiary/aromatic N) is 2. The molecule has 0 aliphatic carbocycles. The zero-order valence-corrected chi connectivity index (χ0v) is 17.9. The van der Waals surface area contributed by atoms with Gasteiger partial charge in [-0.1, -0.05) is 44.5 Å². The lowest BCUT2D eigenvalue weighted by atomic mass is 10.0. The molecule has 0 bridgehead atoms. The molecule has 1 atom stereocenters. The molecule has 0 aliphatic heterocycles. The van der Waals surface area contributed by atoms with E-state index in [1.54, 1.807) is 6.92 Å². The van der Waals surface area contributed by atoms with E-state index < -0.39 is 5.92 Å². The highest BCUT2D eigenvalue weighted by atomic mass is 35.5. The highest BCUT2D eigenvalue weighted by Crippen LogP contribution is 2.34. The lowest BCUT2D eigenvalue weighted by molar-refractivity contribution is -0.109. The fourth-order valence-electron chi connectivity index (χ4n) is 2.75. The lowest BCUT2D eigenvalue weighted by Gasteiger charge is -2.31. The number of aldehydes is 1. The molecule has 0 heterocycles. The summed E-state index contributed by atoms with van der Waals surface area (Å²) in [7, 11) is 1.92. The summed E-state index contributed by atoms with van der Waals surface area (Å²) >= 11 is 5.98. The summed E-state index contributed by atoms with van der Waals surface area (Å²) < 4.78 is 0. The molecule has 0 saturated carbocycles. The molecular formula is C22H29ClN4O. The summed E-state index contributed by atoms with van der Waals surface area (Å²) in [6.07, 6.45) is 1.28. The van der Waals surface area contributed by atoms with Gasteiger partial charge >= 0.3 is 0 Å². The number of rotatable bonds is 6. The first-order valence-corrected chi connectivity index (χ1v) is 9.75. The van der Waals surface area contributed by atoms with Gasteiger partial charge in [-0.2, -0.15) is 0 Å². The van der Waals surface area contributed by atoms with Crippen molar-refractivity contribution in [2.24, 2.45) is 5.92 Å². The third-order valence-corrected chi connectivity index (χ3v) is 4.48. The molecule has 1 unspecified atom stereocenters. The van der Waals surface area contributed by atoms with E-state index in [1.807, 2.05) is 81.2 Å². The Hall–Kier alpha value is -2.66. The minimum Gasteiger partial charge on any atom is -0.343 e. The molecule has 2 aromatic rings. The molecule has 0 aliphatic rings. The van der Waals surface area contributed by atoms with Crippen molar-refractivity contribution in [1.29, 1.82) is 10.8 Å². The molecule has 0 spiro atoms. The predicted molar refractivity (Wildman–Crippen MR) is 121 cm³/mol. The third-order valence-electron chi connectivity index (χ3n) is 4.23. The van der Waals surface area contributed by atoms with Gasteiger partial charge in [0.05, 0.1) is 17.3 Å². The van der Waals surface area contributed by atoms with Gasteiger partial charge in [0.15, 0.2) is 0 Å². The largest absolute Gasteiger partial charge is 0.343 e. The van der Waals surface area contributed by atoms with E-state index >= 15 is 0 Å². The Morgan fingerprint density at radius 1 is 1.07 bits per heavy atom. The van der Waals surface area contributed by atoms with Crippen molar-refractivity contribution in [3.05, 3.63) is 53.6 Å². The molecule has 0 radical (unpaired) electrons. The number of hydrogen-bond acceptors (Lipinski definition) is 4. The Bertz CT molecular complexity index is 804. The van der Waals surface area contributed by atoms with Gasteiger partial charge in [0.1, 0.15) is 18.0 Å². The summed E-state index contributed by atoms with van der Waals surface area (Å²) in [6, 6.07) is 15.0. The monoisotopic (exact) mass is 400 g/mol. The first kappa shape index (κ1) is 23.4. The Kier molecular flexibility index (Phi) is 9.39. The van der Waals surface area contributed by atoms with Crippen LogP contribution in [0.4, 0.5) is 17.1 Å². The van der Waals surface area contributed by atoms with Crippen LogP contribution in [0.2, 0.25) is 5.02 Å². The van der Waals surface area contributed by atoms with Crippen molar-refractivity contribution in [3.8, 4) is 0 Å². The maximum absolute atomic E-state index is 11.3. The normalized spacial score (nSPS) is 10.9. The summed E-state index contributed by atoms with van der Waals surface area (Å²) in [5, 5.41) is 17.3. The number of anilines is 3. The van der Waals surface area contributed by atoms with Gasteiger partial charge < -0.3 is 9.69 Å². The molecule has 0 fully saturated rings. The van der Waals surface area contributed by atoms with E-state index in [0.29, 0.717) is 17.1 Å². The number of amidine groups is 2. The fourth-order valence-corrected chi connectivity index (χ4v) is 2.88. The lowest BCUT2D eigenvalue weighted by Crippen LogP contribution is -2.40. The topological polar surface area (TPSA) is 71.2 Å². The van der Waals surface area contributed by atoms with Gasteiger partial charge in [-0.15, -0.1) is 0 Å². The van der Waals surface area contributed by atoms with Crippen LogP contribution >= 0.6 is 11.6 Å². The summed E-state index contributed by atoms with van der Waals surface area (Å²) in [5.74, 6) is -0.261. The average Bonchev–Trinajstić information content (AvgIpc) is 2.71. The molecule has 0 amide bonds.